The van der Waals surface area contributed by atoms with Crippen molar-refractivity contribution in [1.82, 2.24) is 4.90 Å². The van der Waals surface area contributed by atoms with Crippen molar-refractivity contribution >= 4 is 23.1 Å². The fraction of sp³-hybridized carbons (Fsp3) is 0.571. The van der Waals surface area contributed by atoms with Gasteiger partial charge in [0.1, 0.15) is 5.69 Å². The van der Waals surface area contributed by atoms with Crippen molar-refractivity contribution in [2.75, 3.05) is 24.6 Å². The highest BCUT2D eigenvalue weighted by Crippen LogP contribution is 2.32. The Morgan fingerprint density at radius 3 is 2.90 bits per heavy atom. The fourth-order valence-electron chi connectivity index (χ4n) is 2.36. The summed E-state index contributed by atoms with van der Waals surface area (Å²) < 4.78 is 0.309. The van der Waals surface area contributed by atoms with Gasteiger partial charge in [-0.25, -0.2) is 0 Å². The number of benzene rings is 1. The first-order chi connectivity index (χ1) is 9.39. The molecule has 2 rings (SSSR count). The third kappa shape index (κ3) is 3.64. The Morgan fingerprint density at radius 2 is 2.20 bits per heavy atom. The summed E-state index contributed by atoms with van der Waals surface area (Å²) in [6.45, 7) is 7.22. The van der Waals surface area contributed by atoms with Crippen LogP contribution in [0, 0.1) is 10.1 Å². The van der Waals surface area contributed by atoms with Crippen LogP contribution < -0.4 is 5.73 Å². The van der Waals surface area contributed by atoms with Gasteiger partial charge in [-0.05, 0) is 18.5 Å². The SMILES string of the molecule is CC1(C)CCN(Cc2cccc([N+](=O)[O-])c2N)CCS1. The zero-order chi connectivity index (χ0) is 14.8. The van der Waals surface area contributed by atoms with Gasteiger partial charge in [-0.3, -0.25) is 15.0 Å². The van der Waals surface area contributed by atoms with E-state index in [1.807, 2.05) is 17.8 Å². The van der Waals surface area contributed by atoms with Gasteiger partial charge in [0.05, 0.1) is 4.92 Å². The lowest BCUT2D eigenvalue weighted by atomic mass is 10.1. The molecule has 2 N–H and O–H groups in total. The first-order valence-electron chi connectivity index (χ1n) is 6.77. The third-order valence-electron chi connectivity index (χ3n) is 3.69. The summed E-state index contributed by atoms with van der Waals surface area (Å²) in [6.07, 6.45) is 1.12. The lowest BCUT2D eigenvalue weighted by Crippen LogP contribution is -2.27. The highest BCUT2D eigenvalue weighted by atomic mass is 32.2. The molecule has 1 aliphatic heterocycles. The van der Waals surface area contributed by atoms with Gasteiger partial charge in [0.15, 0.2) is 0 Å². The maximum absolute atomic E-state index is 10.9. The van der Waals surface area contributed by atoms with Gasteiger partial charge >= 0.3 is 0 Å². The van der Waals surface area contributed by atoms with E-state index >= 15 is 0 Å². The monoisotopic (exact) mass is 295 g/mol. The first kappa shape index (κ1) is 15.1. The van der Waals surface area contributed by atoms with Gasteiger partial charge < -0.3 is 5.73 Å². The van der Waals surface area contributed by atoms with Crippen molar-refractivity contribution < 1.29 is 4.92 Å². The smallest absolute Gasteiger partial charge is 0.292 e. The maximum atomic E-state index is 10.9. The molecule has 0 amide bonds. The minimum absolute atomic E-state index is 0.00651. The molecule has 1 aliphatic rings. The summed E-state index contributed by atoms with van der Waals surface area (Å²) in [5, 5.41) is 10.9. The number of hydrogen-bond donors (Lipinski definition) is 1. The van der Waals surface area contributed by atoms with Crippen LogP contribution in [-0.4, -0.2) is 33.4 Å². The van der Waals surface area contributed by atoms with Crippen molar-refractivity contribution in [3.63, 3.8) is 0 Å². The van der Waals surface area contributed by atoms with Crippen LogP contribution in [0.1, 0.15) is 25.8 Å². The minimum atomic E-state index is -0.416. The molecule has 20 heavy (non-hydrogen) atoms. The molecule has 0 bridgehead atoms. The van der Waals surface area contributed by atoms with Crippen LogP contribution in [0.5, 0.6) is 0 Å². The topological polar surface area (TPSA) is 72.4 Å². The summed E-state index contributed by atoms with van der Waals surface area (Å²) in [5.74, 6) is 1.09. The Kier molecular flexibility index (Phi) is 4.55. The predicted octanol–water partition coefficient (Wildman–Crippen LogP) is 2.89. The molecule has 1 aromatic carbocycles. The molecule has 0 unspecified atom stereocenters. The van der Waals surface area contributed by atoms with Crippen LogP contribution in [0.3, 0.4) is 0 Å². The van der Waals surface area contributed by atoms with Crippen molar-refractivity contribution in [1.29, 1.82) is 0 Å². The Hall–Kier alpha value is -1.27. The predicted molar refractivity (Wildman–Crippen MR) is 83.9 cm³/mol. The largest absolute Gasteiger partial charge is 0.393 e. The molecule has 1 aromatic rings. The fourth-order valence-corrected chi connectivity index (χ4v) is 3.50. The Morgan fingerprint density at radius 1 is 1.45 bits per heavy atom. The van der Waals surface area contributed by atoms with E-state index in [4.69, 9.17) is 5.73 Å². The van der Waals surface area contributed by atoms with Crippen molar-refractivity contribution in [2.24, 2.45) is 0 Å². The number of rotatable bonds is 3. The second kappa shape index (κ2) is 6.01. The van der Waals surface area contributed by atoms with Gasteiger partial charge in [0.2, 0.25) is 0 Å². The standard InChI is InChI=1S/C14H21N3O2S/c1-14(2)6-7-16(8-9-20-14)10-11-4-3-5-12(13(11)15)17(18)19/h3-5H,6-10,15H2,1-2H3. The number of anilines is 1. The van der Waals surface area contributed by atoms with E-state index < -0.39 is 4.92 Å². The molecule has 0 spiro atoms. The van der Waals surface area contributed by atoms with Gasteiger partial charge in [-0.1, -0.05) is 26.0 Å². The quantitative estimate of drug-likeness (QED) is 0.527. The molecule has 110 valence electrons. The Labute approximate surface area is 123 Å². The van der Waals surface area contributed by atoms with Gasteiger partial charge in [-0.15, -0.1) is 0 Å². The highest BCUT2D eigenvalue weighted by molar-refractivity contribution is 8.00. The number of nitro groups is 1. The van der Waals surface area contributed by atoms with Crippen LogP contribution in [-0.2, 0) is 6.54 Å². The van der Waals surface area contributed by atoms with E-state index in [1.165, 1.54) is 6.07 Å². The number of hydrogen-bond acceptors (Lipinski definition) is 5. The zero-order valence-electron chi connectivity index (χ0n) is 12.0. The van der Waals surface area contributed by atoms with Gasteiger partial charge in [0.25, 0.3) is 5.69 Å². The number of nitrogen functional groups attached to an aromatic ring is 1. The van der Waals surface area contributed by atoms with Crippen molar-refractivity contribution in [3.05, 3.63) is 33.9 Å². The molecule has 0 radical (unpaired) electrons. The molecule has 6 heteroatoms. The molecule has 0 aromatic heterocycles. The Bertz CT molecular complexity index is 505. The van der Waals surface area contributed by atoms with Crippen LogP contribution in [0.4, 0.5) is 11.4 Å². The number of para-hydroxylation sites is 1. The number of nitro benzene ring substituents is 1. The summed E-state index contributed by atoms with van der Waals surface area (Å²) in [4.78, 5) is 12.8. The normalized spacial score (nSPS) is 19.5. The lowest BCUT2D eigenvalue weighted by Gasteiger charge is -2.23. The number of nitrogens with zero attached hydrogens (tertiary/aromatic N) is 2. The second-order valence-corrected chi connectivity index (χ2v) is 7.54. The van der Waals surface area contributed by atoms with Gasteiger partial charge in [0, 0.05) is 29.7 Å². The number of nitrogens with two attached hydrogens (primary N) is 1. The summed E-state index contributed by atoms with van der Waals surface area (Å²) in [5.41, 5.74) is 7.08. The molecular formula is C14H21N3O2S. The first-order valence-corrected chi connectivity index (χ1v) is 7.76. The highest BCUT2D eigenvalue weighted by Gasteiger charge is 2.24. The van der Waals surface area contributed by atoms with E-state index in [-0.39, 0.29) is 5.69 Å². The molecule has 5 nitrogen and oxygen atoms in total. The second-order valence-electron chi connectivity index (χ2n) is 5.74. The lowest BCUT2D eigenvalue weighted by molar-refractivity contribution is -0.384. The van der Waals surface area contributed by atoms with Gasteiger partial charge in [-0.2, -0.15) is 11.8 Å². The molecule has 1 heterocycles. The van der Waals surface area contributed by atoms with Crippen LogP contribution in [0.15, 0.2) is 18.2 Å². The van der Waals surface area contributed by atoms with E-state index in [9.17, 15) is 10.1 Å². The molecule has 0 aliphatic carbocycles. The average Bonchev–Trinajstić information content (AvgIpc) is 2.53. The summed E-state index contributed by atoms with van der Waals surface area (Å²) in [7, 11) is 0. The van der Waals surface area contributed by atoms with Crippen molar-refractivity contribution in [2.45, 2.75) is 31.6 Å². The third-order valence-corrected chi connectivity index (χ3v) is 5.07. The van der Waals surface area contributed by atoms with Crippen LogP contribution in [0.25, 0.3) is 0 Å². The summed E-state index contributed by atoms with van der Waals surface area (Å²) in [6, 6.07) is 5.05. The number of thioether (sulfide) groups is 1. The average molecular weight is 295 g/mol. The Balaban J connectivity index is 2.10. The summed E-state index contributed by atoms with van der Waals surface area (Å²) >= 11 is 1.99. The van der Waals surface area contributed by atoms with Crippen molar-refractivity contribution in [3.8, 4) is 0 Å². The van der Waals surface area contributed by atoms with E-state index in [0.29, 0.717) is 17.0 Å². The molecule has 0 atom stereocenters. The minimum Gasteiger partial charge on any atom is -0.393 e. The van der Waals surface area contributed by atoms with E-state index in [0.717, 1.165) is 30.8 Å². The van der Waals surface area contributed by atoms with E-state index in [2.05, 4.69) is 18.7 Å². The van der Waals surface area contributed by atoms with Crippen LogP contribution >= 0.6 is 11.8 Å². The molecule has 1 fully saturated rings. The van der Waals surface area contributed by atoms with E-state index in [1.54, 1.807) is 6.07 Å². The van der Waals surface area contributed by atoms with Crippen LogP contribution in [0.2, 0.25) is 0 Å². The molecule has 0 saturated carbocycles. The maximum Gasteiger partial charge on any atom is 0.292 e. The zero-order valence-corrected chi connectivity index (χ0v) is 12.8. The molecule has 1 saturated heterocycles. The molecular weight excluding hydrogens is 274 g/mol.